The first kappa shape index (κ1) is 12.1. The first-order valence-electron chi connectivity index (χ1n) is 5.88. The van der Waals surface area contributed by atoms with Crippen molar-refractivity contribution in [2.75, 3.05) is 6.54 Å². The van der Waals surface area contributed by atoms with Gasteiger partial charge in [-0.3, -0.25) is 9.63 Å². The van der Waals surface area contributed by atoms with Gasteiger partial charge in [0.15, 0.2) is 0 Å². The zero-order valence-corrected chi connectivity index (χ0v) is 9.87. The molecule has 0 spiro atoms. The molecule has 92 valence electrons. The van der Waals surface area contributed by atoms with Gasteiger partial charge in [0, 0.05) is 5.92 Å². The number of nitrogens with zero attached hydrogens (tertiary/aromatic N) is 1. The van der Waals surface area contributed by atoms with Crippen LogP contribution in [0.1, 0.15) is 18.9 Å². The Labute approximate surface area is 101 Å². The third-order valence-corrected chi connectivity index (χ3v) is 3.10. The SMILES string of the molecule is CCC1CN(OCc2ccccc2)C(=O)C1O. The van der Waals surface area contributed by atoms with Crippen LogP contribution in [0.2, 0.25) is 0 Å². The number of rotatable bonds is 4. The second kappa shape index (κ2) is 5.29. The number of benzene rings is 1. The molecule has 1 heterocycles. The van der Waals surface area contributed by atoms with Gasteiger partial charge in [0.25, 0.3) is 5.91 Å². The molecule has 1 saturated heterocycles. The Morgan fingerprint density at radius 2 is 2.12 bits per heavy atom. The highest BCUT2D eigenvalue weighted by Gasteiger charge is 2.38. The molecule has 1 N–H and O–H groups in total. The molecule has 1 aromatic carbocycles. The van der Waals surface area contributed by atoms with E-state index in [0.717, 1.165) is 12.0 Å². The fraction of sp³-hybridized carbons (Fsp3) is 0.462. The number of amides is 1. The molecule has 2 atom stereocenters. The lowest BCUT2D eigenvalue weighted by molar-refractivity contribution is -0.186. The number of aliphatic hydroxyl groups excluding tert-OH is 1. The molecule has 1 aliphatic heterocycles. The van der Waals surface area contributed by atoms with E-state index < -0.39 is 6.10 Å². The minimum Gasteiger partial charge on any atom is -0.383 e. The number of hydrogen-bond acceptors (Lipinski definition) is 3. The normalized spacial score (nSPS) is 24.4. The van der Waals surface area contributed by atoms with Crippen molar-refractivity contribution in [1.82, 2.24) is 5.06 Å². The van der Waals surface area contributed by atoms with Gasteiger partial charge >= 0.3 is 0 Å². The molecular weight excluding hydrogens is 218 g/mol. The quantitative estimate of drug-likeness (QED) is 0.857. The Bertz CT molecular complexity index is 380. The van der Waals surface area contributed by atoms with E-state index in [1.807, 2.05) is 37.3 Å². The molecule has 1 aliphatic rings. The Hall–Kier alpha value is -1.39. The molecule has 0 saturated carbocycles. The summed E-state index contributed by atoms with van der Waals surface area (Å²) in [6.45, 7) is 2.79. The number of hydroxylamine groups is 2. The van der Waals surface area contributed by atoms with Crippen LogP contribution in [0.4, 0.5) is 0 Å². The zero-order valence-electron chi connectivity index (χ0n) is 9.87. The number of carbonyl (C=O) groups is 1. The Morgan fingerprint density at radius 1 is 1.41 bits per heavy atom. The topological polar surface area (TPSA) is 49.8 Å². The predicted octanol–water partition coefficient (Wildman–Crippen LogP) is 1.35. The van der Waals surface area contributed by atoms with E-state index in [1.54, 1.807) is 0 Å². The smallest absolute Gasteiger partial charge is 0.275 e. The molecule has 1 aromatic rings. The van der Waals surface area contributed by atoms with Crippen LogP contribution in [0.3, 0.4) is 0 Å². The number of aliphatic hydroxyl groups is 1. The molecule has 4 nitrogen and oxygen atoms in total. The van der Waals surface area contributed by atoms with E-state index in [4.69, 9.17) is 4.84 Å². The van der Waals surface area contributed by atoms with Gasteiger partial charge < -0.3 is 5.11 Å². The number of carbonyl (C=O) groups excluding carboxylic acids is 1. The summed E-state index contributed by atoms with van der Waals surface area (Å²) in [6.07, 6.45) is -0.131. The first-order chi connectivity index (χ1) is 8.22. The summed E-state index contributed by atoms with van der Waals surface area (Å²) in [5, 5.41) is 10.9. The van der Waals surface area contributed by atoms with E-state index in [1.165, 1.54) is 5.06 Å². The van der Waals surface area contributed by atoms with Crippen LogP contribution in [0.5, 0.6) is 0 Å². The average molecular weight is 235 g/mol. The summed E-state index contributed by atoms with van der Waals surface area (Å²) in [4.78, 5) is 17.1. The number of hydrogen-bond donors (Lipinski definition) is 1. The van der Waals surface area contributed by atoms with Crippen LogP contribution in [0, 0.1) is 5.92 Å². The van der Waals surface area contributed by atoms with Gasteiger partial charge in [-0.15, -0.1) is 0 Å². The van der Waals surface area contributed by atoms with Crippen molar-refractivity contribution < 1.29 is 14.7 Å². The summed E-state index contributed by atoms with van der Waals surface area (Å²) in [7, 11) is 0. The van der Waals surface area contributed by atoms with Crippen LogP contribution < -0.4 is 0 Å². The van der Waals surface area contributed by atoms with Gasteiger partial charge in [-0.1, -0.05) is 37.3 Å². The molecule has 4 heteroatoms. The van der Waals surface area contributed by atoms with Gasteiger partial charge in [0.1, 0.15) is 12.7 Å². The van der Waals surface area contributed by atoms with Crippen molar-refractivity contribution >= 4 is 5.91 Å². The maximum Gasteiger partial charge on any atom is 0.275 e. The summed E-state index contributed by atoms with van der Waals surface area (Å²) >= 11 is 0. The highest BCUT2D eigenvalue weighted by atomic mass is 16.7. The van der Waals surface area contributed by atoms with Crippen molar-refractivity contribution in [2.45, 2.75) is 26.1 Å². The molecule has 0 bridgehead atoms. The average Bonchev–Trinajstić information content (AvgIpc) is 2.65. The summed E-state index contributed by atoms with van der Waals surface area (Å²) in [5.74, 6) is -0.342. The maximum absolute atomic E-state index is 11.6. The molecule has 0 aromatic heterocycles. The fourth-order valence-electron chi connectivity index (χ4n) is 1.95. The van der Waals surface area contributed by atoms with Gasteiger partial charge in [0.05, 0.1) is 6.54 Å². The molecule has 2 unspecified atom stereocenters. The van der Waals surface area contributed by atoms with Crippen molar-refractivity contribution in [1.29, 1.82) is 0 Å². The van der Waals surface area contributed by atoms with E-state index in [0.29, 0.717) is 13.2 Å². The second-order valence-electron chi connectivity index (χ2n) is 4.27. The highest BCUT2D eigenvalue weighted by molar-refractivity contribution is 5.82. The lowest BCUT2D eigenvalue weighted by atomic mass is 10.0. The van der Waals surface area contributed by atoms with E-state index in [9.17, 15) is 9.90 Å². The van der Waals surface area contributed by atoms with Crippen LogP contribution in [0.15, 0.2) is 30.3 Å². The van der Waals surface area contributed by atoms with Crippen molar-refractivity contribution in [3.05, 3.63) is 35.9 Å². The van der Waals surface area contributed by atoms with E-state index in [-0.39, 0.29) is 11.8 Å². The van der Waals surface area contributed by atoms with E-state index >= 15 is 0 Å². The Morgan fingerprint density at radius 3 is 2.71 bits per heavy atom. The molecule has 2 rings (SSSR count). The van der Waals surface area contributed by atoms with Crippen LogP contribution in [-0.4, -0.2) is 28.7 Å². The second-order valence-corrected chi connectivity index (χ2v) is 4.27. The minimum absolute atomic E-state index is 0.0155. The van der Waals surface area contributed by atoms with E-state index in [2.05, 4.69) is 0 Å². The maximum atomic E-state index is 11.6. The minimum atomic E-state index is -0.907. The van der Waals surface area contributed by atoms with Crippen molar-refractivity contribution in [2.24, 2.45) is 5.92 Å². The highest BCUT2D eigenvalue weighted by Crippen LogP contribution is 2.22. The Balaban J connectivity index is 1.90. The summed E-state index contributed by atoms with van der Waals surface area (Å²) < 4.78 is 0. The third kappa shape index (κ3) is 2.65. The summed E-state index contributed by atoms with van der Waals surface area (Å²) in [6, 6.07) is 9.66. The van der Waals surface area contributed by atoms with Gasteiger partial charge in [-0.2, -0.15) is 0 Å². The van der Waals surface area contributed by atoms with Crippen LogP contribution in [0.25, 0.3) is 0 Å². The van der Waals surface area contributed by atoms with Gasteiger partial charge in [-0.05, 0) is 12.0 Å². The van der Waals surface area contributed by atoms with Gasteiger partial charge in [0.2, 0.25) is 0 Å². The molecular formula is C13H17NO3. The molecule has 1 fully saturated rings. The Kier molecular flexibility index (Phi) is 3.76. The molecule has 1 amide bonds. The lowest BCUT2D eigenvalue weighted by Crippen LogP contribution is -2.29. The largest absolute Gasteiger partial charge is 0.383 e. The monoisotopic (exact) mass is 235 g/mol. The van der Waals surface area contributed by atoms with Crippen molar-refractivity contribution in [3.8, 4) is 0 Å². The molecule has 0 aliphatic carbocycles. The summed E-state index contributed by atoms with van der Waals surface area (Å²) in [5.41, 5.74) is 1.01. The lowest BCUT2D eigenvalue weighted by Gasteiger charge is -2.15. The van der Waals surface area contributed by atoms with Crippen molar-refractivity contribution in [3.63, 3.8) is 0 Å². The van der Waals surface area contributed by atoms with Crippen LogP contribution in [-0.2, 0) is 16.2 Å². The molecule has 0 radical (unpaired) electrons. The van der Waals surface area contributed by atoms with Crippen LogP contribution >= 0.6 is 0 Å². The molecule has 17 heavy (non-hydrogen) atoms. The standard InChI is InChI=1S/C13H17NO3/c1-2-11-8-14(13(16)12(11)15)17-9-10-6-4-3-5-7-10/h3-7,11-12,15H,2,8-9H2,1H3. The third-order valence-electron chi connectivity index (χ3n) is 3.10. The fourth-order valence-corrected chi connectivity index (χ4v) is 1.95. The zero-order chi connectivity index (χ0) is 12.3. The van der Waals surface area contributed by atoms with Gasteiger partial charge in [-0.25, -0.2) is 5.06 Å². The predicted molar refractivity (Wildman–Crippen MR) is 62.7 cm³/mol. The first-order valence-corrected chi connectivity index (χ1v) is 5.88.